The maximum atomic E-state index is 13.9. The lowest BCUT2D eigenvalue weighted by atomic mass is 9.86. The van der Waals surface area contributed by atoms with Gasteiger partial charge in [0.2, 0.25) is 0 Å². The molecule has 3 aliphatic heterocycles. The summed E-state index contributed by atoms with van der Waals surface area (Å²) < 4.78 is 5.92. The molecule has 3 fully saturated rings. The molecule has 2 aromatic carbocycles. The molecule has 3 atom stereocenters. The second kappa shape index (κ2) is 7.45. The van der Waals surface area contributed by atoms with Crippen molar-refractivity contribution in [3.63, 3.8) is 0 Å². The van der Waals surface area contributed by atoms with Gasteiger partial charge in [0.05, 0.1) is 23.9 Å². The van der Waals surface area contributed by atoms with E-state index in [9.17, 15) is 14.4 Å². The molecule has 10 heteroatoms. The van der Waals surface area contributed by atoms with Crippen molar-refractivity contribution in [3.05, 3.63) is 63.6 Å². The topological polar surface area (TPSA) is 103 Å². The SMILES string of the molecule is C[C@H]1O[C@]2(CN3C(=O)N(c4cc(Cl)cc(Cl)c4)C(=O)[C@]3(Cc3ccc(C#N)cc3)C2)NC1=O. The number of halogens is 2. The first-order valence-electron chi connectivity index (χ1n) is 10.3. The van der Waals surface area contributed by atoms with Gasteiger partial charge in [-0.15, -0.1) is 0 Å². The first-order valence-corrected chi connectivity index (χ1v) is 11.0. The number of nitrogens with one attached hydrogen (secondary N) is 1. The molecule has 1 N–H and O–H groups in total. The summed E-state index contributed by atoms with van der Waals surface area (Å²) in [6.07, 6.45) is -0.417. The second-order valence-electron chi connectivity index (χ2n) is 8.57. The summed E-state index contributed by atoms with van der Waals surface area (Å²) >= 11 is 12.3. The van der Waals surface area contributed by atoms with Gasteiger partial charge in [-0.25, -0.2) is 9.69 Å². The highest BCUT2D eigenvalue weighted by Gasteiger charge is 2.68. The molecule has 0 aliphatic carbocycles. The number of nitriles is 1. The molecule has 0 unspecified atom stereocenters. The summed E-state index contributed by atoms with van der Waals surface area (Å²) in [5.41, 5.74) is -0.917. The van der Waals surface area contributed by atoms with E-state index >= 15 is 0 Å². The lowest BCUT2D eigenvalue weighted by Crippen LogP contribution is -2.49. The van der Waals surface area contributed by atoms with E-state index in [2.05, 4.69) is 11.4 Å². The summed E-state index contributed by atoms with van der Waals surface area (Å²) in [5, 5.41) is 12.5. The van der Waals surface area contributed by atoms with Crippen molar-refractivity contribution in [3.8, 4) is 6.07 Å². The lowest BCUT2D eigenvalue weighted by molar-refractivity contribution is -0.124. The van der Waals surface area contributed by atoms with Crippen LogP contribution in [-0.2, 0) is 20.7 Å². The van der Waals surface area contributed by atoms with Crippen molar-refractivity contribution >= 4 is 46.7 Å². The predicted octanol–water partition coefficient (Wildman–Crippen LogP) is 3.25. The van der Waals surface area contributed by atoms with Gasteiger partial charge in [0.25, 0.3) is 11.8 Å². The number of urea groups is 1. The van der Waals surface area contributed by atoms with Crippen molar-refractivity contribution in [2.45, 2.75) is 37.1 Å². The van der Waals surface area contributed by atoms with Gasteiger partial charge in [-0.3, -0.25) is 9.59 Å². The smallest absolute Gasteiger partial charge is 0.332 e. The van der Waals surface area contributed by atoms with Gasteiger partial charge >= 0.3 is 6.03 Å². The van der Waals surface area contributed by atoms with Crippen LogP contribution in [0, 0.1) is 11.3 Å². The Kier molecular flexibility index (Phi) is 4.90. The van der Waals surface area contributed by atoms with Crippen molar-refractivity contribution < 1.29 is 19.1 Å². The molecule has 2 aromatic rings. The average molecular weight is 485 g/mol. The first kappa shape index (κ1) is 21.7. The van der Waals surface area contributed by atoms with Crippen LogP contribution in [0.5, 0.6) is 0 Å². The molecule has 0 saturated carbocycles. The Hall–Kier alpha value is -3.12. The van der Waals surface area contributed by atoms with Crippen molar-refractivity contribution in [2.75, 3.05) is 11.4 Å². The van der Waals surface area contributed by atoms with Crippen LogP contribution < -0.4 is 10.2 Å². The molecule has 3 aliphatic rings. The number of nitrogens with zero attached hydrogens (tertiary/aromatic N) is 3. The van der Waals surface area contributed by atoms with Gasteiger partial charge < -0.3 is 15.0 Å². The third kappa shape index (κ3) is 3.35. The van der Waals surface area contributed by atoms with E-state index in [0.717, 1.165) is 10.5 Å². The Bertz CT molecular complexity index is 1220. The van der Waals surface area contributed by atoms with Crippen LogP contribution in [-0.4, -0.2) is 46.7 Å². The van der Waals surface area contributed by atoms with Crippen molar-refractivity contribution in [1.29, 1.82) is 5.26 Å². The van der Waals surface area contributed by atoms with Gasteiger partial charge in [-0.1, -0.05) is 35.3 Å². The van der Waals surface area contributed by atoms with Gasteiger partial charge in [0.1, 0.15) is 11.6 Å². The fourth-order valence-corrected chi connectivity index (χ4v) is 5.48. The highest BCUT2D eigenvalue weighted by Crippen LogP contribution is 2.48. The van der Waals surface area contributed by atoms with Crippen molar-refractivity contribution in [1.82, 2.24) is 10.2 Å². The van der Waals surface area contributed by atoms with E-state index in [1.807, 2.05) is 0 Å². The number of fused-ring (bicyclic) bond motifs is 1. The minimum absolute atomic E-state index is 0.0225. The molecule has 0 radical (unpaired) electrons. The normalized spacial score (nSPS) is 28.4. The highest BCUT2D eigenvalue weighted by molar-refractivity contribution is 6.35. The zero-order valence-corrected chi connectivity index (χ0v) is 19.0. The number of anilines is 1. The molecule has 3 heterocycles. The van der Waals surface area contributed by atoms with E-state index in [4.69, 9.17) is 33.2 Å². The van der Waals surface area contributed by atoms with Gasteiger partial charge in [-0.2, -0.15) is 5.26 Å². The fourth-order valence-electron chi connectivity index (χ4n) is 4.96. The van der Waals surface area contributed by atoms with Crippen LogP contribution in [0.25, 0.3) is 0 Å². The minimum atomic E-state index is -1.29. The molecule has 8 nitrogen and oxygen atoms in total. The molecule has 1 spiro atoms. The zero-order chi connectivity index (χ0) is 23.5. The number of ether oxygens (including phenoxy) is 1. The van der Waals surface area contributed by atoms with Crippen LogP contribution in [0.3, 0.4) is 0 Å². The Morgan fingerprint density at radius 1 is 1.15 bits per heavy atom. The number of carbonyl (C=O) groups excluding carboxylic acids is 3. The molecule has 4 amide bonds. The number of benzene rings is 2. The maximum absolute atomic E-state index is 13.9. The van der Waals surface area contributed by atoms with Gasteiger partial charge in [0, 0.05) is 22.9 Å². The van der Waals surface area contributed by atoms with Crippen LogP contribution in [0.4, 0.5) is 10.5 Å². The number of hydrogen-bond acceptors (Lipinski definition) is 5. The third-order valence-corrected chi connectivity index (χ3v) is 6.78. The number of hydrogen-bond donors (Lipinski definition) is 1. The Morgan fingerprint density at radius 3 is 2.39 bits per heavy atom. The van der Waals surface area contributed by atoms with E-state index in [1.165, 1.54) is 23.1 Å². The van der Waals surface area contributed by atoms with Gasteiger partial charge in [0.15, 0.2) is 5.72 Å². The molecular formula is C23H18Cl2N4O4. The lowest BCUT2D eigenvalue weighted by Gasteiger charge is -2.28. The largest absolute Gasteiger partial charge is 0.341 e. The predicted molar refractivity (Wildman–Crippen MR) is 120 cm³/mol. The van der Waals surface area contributed by atoms with Crippen LogP contribution in [0.2, 0.25) is 10.0 Å². The Morgan fingerprint density at radius 2 is 1.82 bits per heavy atom. The minimum Gasteiger partial charge on any atom is -0.341 e. The highest BCUT2D eigenvalue weighted by atomic mass is 35.5. The average Bonchev–Trinajstić information content (AvgIpc) is 3.28. The maximum Gasteiger partial charge on any atom is 0.332 e. The van der Waals surface area contributed by atoms with Crippen LogP contribution >= 0.6 is 23.2 Å². The number of imide groups is 1. The van der Waals surface area contributed by atoms with Gasteiger partial charge in [-0.05, 0) is 42.8 Å². The van der Waals surface area contributed by atoms with E-state index in [0.29, 0.717) is 15.6 Å². The van der Waals surface area contributed by atoms with E-state index < -0.39 is 29.3 Å². The van der Waals surface area contributed by atoms with E-state index in [-0.39, 0.29) is 31.0 Å². The quantitative estimate of drug-likeness (QED) is 0.673. The standard InChI is InChI=1S/C23H18Cl2N4O4/c1-13-19(30)27-23(33-13)11-22(9-14-2-4-15(10-26)5-3-14)20(31)29(21(32)28(22)12-23)18-7-16(24)6-17(25)8-18/h2-8,13H,9,11-12H2,1H3,(H,27,30)/t13-,22+,23-/m1/s1. The molecule has 168 valence electrons. The summed E-state index contributed by atoms with van der Waals surface area (Å²) in [6, 6.07) is 12.9. The molecular weight excluding hydrogens is 467 g/mol. The second-order valence-corrected chi connectivity index (χ2v) is 9.45. The first-order chi connectivity index (χ1) is 15.7. The van der Waals surface area contributed by atoms with Crippen LogP contribution in [0.15, 0.2) is 42.5 Å². The molecule has 5 rings (SSSR count). The summed E-state index contributed by atoms with van der Waals surface area (Å²) in [4.78, 5) is 42.2. The molecule has 0 aromatic heterocycles. The number of carbonyl (C=O) groups is 3. The summed E-state index contributed by atoms with van der Waals surface area (Å²) in [5.74, 6) is -0.743. The number of amides is 4. The van der Waals surface area contributed by atoms with Crippen molar-refractivity contribution in [2.24, 2.45) is 0 Å². The monoisotopic (exact) mass is 484 g/mol. The number of rotatable bonds is 3. The fraction of sp³-hybridized carbons (Fsp3) is 0.304. The van der Waals surface area contributed by atoms with Crippen LogP contribution in [0.1, 0.15) is 24.5 Å². The molecule has 0 bridgehead atoms. The van der Waals surface area contributed by atoms with E-state index in [1.54, 1.807) is 31.2 Å². The zero-order valence-electron chi connectivity index (χ0n) is 17.5. The summed E-state index contributed by atoms with van der Waals surface area (Å²) in [6.45, 7) is 1.65. The third-order valence-electron chi connectivity index (χ3n) is 6.34. The summed E-state index contributed by atoms with van der Waals surface area (Å²) in [7, 11) is 0. The Labute approximate surface area is 199 Å². The molecule has 33 heavy (non-hydrogen) atoms. The molecule has 3 saturated heterocycles. The Balaban J connectivity index is 1.58.